The first-order valence-electron chi connectivity index (χ1n) is 11.6. The largest absolute Gasteiger partial charge is 0.483 e. The molecule has 1 aliphatic rings. The van der Waals surface area contributed by atoms with Crippen LogP contribution in [-0.2, 0) is 11.3 Å². The first-order valence-corrected chi connectivity index (χ1v) is 11.9. The molecule has 0 aliphatic carbocycles. The monoisotopic (exact) mass is 488 g/mol. The molecule has 5 rings (SSSR count). The first kappa shape index (κ1) is 23.1. The van der Waals surface area contributed by atoms with Crippen LogP contribution in [0.1, 0.15) is 5.56 Å². The van der Waals surface area contributed by atoms with Gasteiger partial charge in [-0.3, -0.25) is 14.5 Å². The lowest BCUT2D eigenvalue weighted by Crippen LogP contribution is -2.49. The van der Waals surface area contributed by atoms with E-state index in [1.165, 1.54) is 11.6 Å². The second-order valence-electron chi connectivity index (χ2n) is 8.54. The van der Waals surface area contributed by atoms with Gasteiger partial charge in [-0.15, -0.1) is 0 Å². The second-order valence-corrected chi connectivity index (χ2v) is 8.98. The van der Waals surface area contributed by atoms with E-state index in [2.05, 4.69) is 4.90 Å². The minimum atomic E-state index is -0.205. The van der Waals surface area contributed by atoms with Crippen molar-refractivity contribution in [3.05, 3.63) is 99.7 Å². The van der Waals surface area contributed by atoms with E-state index in [0.29, 0.717) is 35.6 Å². The van der Waals surface area contributed by atoms with Crippen LogP contribution in [0.25, 0.3) is 22.3 Å². The maximum atomic E-state index is 12.9. The summed E-state index contributed by atoms with van der Waals surface area (Å²) >= 11 is 5.96. The SMILES string of the molecule is O=C(COc1cccc2oc(-c3ccccc3)cc(=O)c12)N1CCN(Cc2ccc(Cl)cc2)CC1. The highest BCUT2D eigenvalue weighted by Gasteiger charge is 2.22. The van der Waals surface area contributed by atoms with Crippen LogP contribution in [-0.4, -0.2) is 48.5 Å². The lowest BCUT2D eigenvalue weighted by molar-refractivity contribution is -0.135. The van der Waals surface area contributed by atoms with E-state index in [4.69, 9.17) is 20.8 Å². The Kier molecular flexibility index (Phi) is 6.84. The van der Waals surface area contributed by atoms with Crippen molar-refractivity contribution in [2.45, 2.75) is 6.54 Å². The van der Waals surface area contributed by atoms with Crippen molar-refractivity contribution in [2.75, 3.05) is 32.8 Å². The average molecular weight is 489 g/mol. The highest BCUT2D eigenvalue weighted by atomic mass is 35.5. The zero-order valence-electron chi connectivity index (χ0n) is 19.2. The third kappa shape index (κ3) is 5.39. The molecule has 1 amide bonds. The highest BCUT2D eigenvalue weighted by molar-refractivity contribution is 6.30. The Hall–Kier alpha value is -3.61. The molecule has 0 radical (unpaired) electrons. The van der Waals surface area contributed by atoms with Gasteiger partial charge in [-0.1, -0.05) is 60.1 Å². The summed E-state index contributed by atoms with van der Waals surface area (Å²) in [5, 5.41) is 1.07. The summed E-state index contributed by atoms with van der Waals surface area (Å²) in [6, 6.07) is 24.0. The van der Waals surface area contributed by atoms with E-state index < -0.39 is 0 Å². The number of halogens is 1. The molecule has 1 saturated heterocycles. The Balaban J connectivity index is 1.21. The average Bonchev–Trinajstić information content (AvgIpc) is 2.89. The predicted octanol–water partition coefficient (Wildman–Crippen LogP) is 4.84. The number of carbonyl (C=O) groups excluding carboxylic acids is 1. The van der Waals surface area contributed by atoms with E-state index in [-0.39, 0.29) is 17.9 Å². The van der Waals surface area contributed by atoms with Gasteiger partial charge in [0.05, 0.1) is 0 Å². The van der Waals surface area contributed by atoms with Crippen molar-refractivity contribution in [1.29, 1.82) is 0 Å². The lowest BCUT2D eigenvalue weighted by Gasteiger charge is -2.34. The van der Waals surface area contributed by atoms with E-state index in [1.807, 2.05) is 54.6 Å². The summed E-state index contributed by atoms with van der Waals surface area (Å²) < 4.78 is 11.8. The minimum Gasteiger partial charge on any atom is -0.483 e. The molecule has 0 atom stereocenters. The topological polar surface area (TPSA) is 63.0 Å². The normalized spacial score (nSPS) is 14.3. The predicted molar refractivity (Wildman–Crippen MR) is 137 cm³/mol. The molecule has 6 nitrogen and oxygen atoms in total. The number of piperazine rings is 1. The maximum absolute atomic E-state index is 12.9. The Morgan fingerprint density at radius 2 is 1.66 bits per heavy atom. The first-order chi connectivity index (χ1) is 17.1. The Bertz CT molecular complexity index is 1380. The van der Waals surface area contributed by atoms with Crippen LogP contribution >= 0.6 is 11.6 Å². The van der Waals surface area contributed by atoms with Crippen molar-refractivity contribution in [2.24, 2.45) is 0 Å². The van der Waals surface area contributed by atoms with Gasteiger partial charge >= 0.3 is 0 Å². The molecule has 3 aromatic carbocycles. The van der Waals surface area contributed by atoms with E-state index in [1.54, 1.807) is 23.1 Å². The number of ether oxygens (including phenoxy) is 1. The van der Waals surface area contributed by atoms with Gasteiger partial charge in [0.25, 0.3) is 5.91 Å². The smallest absolute Gasteiger partial charge is 0.260 e. The third-order valence-corrected chi connectivity index (χ3v) is 6.42. The number of amides is 1. The number of nitrogens with zero attached hydrogens (tertiary/aromatic N) is 2. The zero-order chi connectivity index (χ0) is 24.2. The number of carbonyl (C=O) groups is 1. The molecule has 0 bridgehead atoms. The Labute approximate surface area is 208 Å². The van der Waals surface area contributed by atoms with Gasteiger partial charge in [-0.25, -0.2) is 0 Å². The summed E-state index contributed by atoms with van der Waals surface area (Å²) in [6.45, 7) is 3.54. The molecule has 0 unspecified atom stereocenters. The molecular weight excluding hydrogens is 464 g/mol. The highest BCUT2D eigenvalue weighted by Crippen LogP contribution is 2.27. The van der Waals surface area contributed by atoms with Crippen LogP contribution in [0.3, 0.4) is 0 Å². The van der Waals surface area contributed by atoms with E-state index >= 15 is 0 Å². The van der Waals surface area contributed by atoms with Crippen LogP contribution < -0.4 is 10.2 Å². The third-order valence-electron chi connectivity index (χ3n) is 6.17. The molecule has 35 heavy (non-hydrogen) atoms. The van der Waals surface area contributed by atoms with E-state index in [9.17, 15) is 9.59 Å². The summed E-state index contributed by atoms with van der Waals surface area (Å²) in [5.41, 5.74) is 2.24. The van der Waals surface area contributed by atoms with Gasteiger partial charge in [0, 0.05) is 49.4 Å². The summed E-state index contributed by atoms with van der Waals surface area (Å²) in [4.78, 5) is 29.8. The summed E-state index contributed by atoms with van der Waals surface area (Å²) in [7, 11) is 0. The van der Waals surface area contributed by atoms with Crippen molar-refractivity contribution in [1.82, 2.24) is 9.80 Å². The van der Waals surface area contributed by atoms with Gasteiger partial charge in [0.15, 0.2) is 12.0 Å². The minimum absolute atomic E-state index is 0.0987. The van der Waals surface area contributed by atoms with Crippen molar-refractivity contribution < 1.29 is 13.9 Å². The molecule has 0 saturated carbocycles. The quantitative estimate of drug-likeness (QED) is 0.389. The molecule has 4 aromatic rings. The molecule has 0 spiro atoms. The van der Waals surface area contributed by atoms with Crippen LogP contribution in [0.2, 0.25) is 5.02 Å². The summed E-state index contributed by atoms with van der Waals surface area (Å²) in [5.74, 6) is 0.747. The molecule has 2 heterocycles. The number of benzene rings is 3. The van der Waals surface area contributed by atoms with Gasteiger partial charge < -0.3 is 14.1 Å². The number of fused-ring (bicyclic) bond motifs is 1. The van der Waals surface area contributed by atoms with Crippen molar-refractivity contribution in [3.8, 4) is 17.1 Å². The number of hydrogen-bond acceptors (Lipinski definition) is 5. The van der Waals surface area contributed by atoms with Crippen LogP contribution in [0, 0.1) is 0 Å². The van der Waals surface area contributed by atoms with Crippen molar-refractivity contribution in [3.63, 3.8) is 0 Å². The summed E-state index contributed by atoms with van der Waals surface area (Å²) in [6.07, 6.45) is 0. The molecule has 178 valence electrons. The van der Waals surface area contributed by atoms with Gasteiger partial charge in [-0.2, -0.15) is 0 Å². The Morgan fingerprint density at radius 3 is 2.40 bits per heavy atom. The Morgan fingerprint density at radius 1 is 0.914 bits per heavy atom. The van der Waals surface area contributed by atoms with Gasteiger partial charge in [0.2, 0.25) is 0 Å². The van der Waals surface area contributed by atoms with Gasteiger partial charge in [-0.05, 0) is 29.8 Å². The molecular formula is C28H25ClN2O4. The molecule has 7 heteroatoms. The number of rotatable bonds is 6. The van der Waals surface area contributed by atoms with Crippen LogP contribution in [0.15, 0.2) is 88.1 Å². The van der Waals surface area contributed by atoms with E-state index in [0.717, 1.165) is 30.2 Å². The molecule has 1 fully saturated rings. The standard InChI is InChI=1S/C28H25ClN2O4/c29-22-11-9-20(10-12-22)18-30-13-15-31(16-14-30)27(33)19-34-24-7-4-8-25-28(24)23(32)17-26(35-25)21-5-2-1-3-6-21/h1-12,17H,13-16,18-19H2. The fraction of sp³-hybridized carbons (Fsp3) is 0.214. The van der Waals surface area contributed by atoms with Crippen molar-refractivity contribution >= 4 is 28.5 Å². The van der Waals surface area contributed by atoms with Gasteiger partial charge in [0.1, 0.15) is 22.5 Å². The van der Waals surface area contributed by atoms with Crippen LogP contribution in [0.4, 0.5) is 0 Å². The van der Waals surface area contributed by atoms with Crippen LogP contribution in [0.5, 0.6) is 5.75 Å². The maximum Gasteiger partial charge on any atom is 0.260 e. The number of hydrogen-bond donors (Lipinski definition) is 0. The second kappa shape index (κ2) is 10.3. The fourth-order valence-corrected chi connectivity index (χ4v) is 4.40. The zero-order valence-corrected chi connectivity index (χ0v) is 19.9. The lowest BCUT2D eigenvalue weighted by atomic mass is 10.1. The molecule has 0 N–H and O–H groups in total. The molecule has 1 aromatic heterocycles. The molecule has 1 aliphatic heterocycles. The fourth-order valence-electron chi connectivity index (χ4n) is 4.28.